The van der Waals surface area contributed by atoms with E-state index < -0.39 is 0 Å². The molecule has 3 amide bonds. The van der Waals surface area contributed by atoms with Crippen LogP contribution in [-0.4, -0.2) is 78.8 Å². The van der Waals surface area contributed by atoms with Gasteiger partial charge in [-0.2, -0.15) is 0 Å². The first-order valence-corrected chi connectivity index (χ1v) is 10.2. The molecule has 9 heteroatoms. The fourth-order valence-electron chi connectivity index (χ4n) is 3.86. The van der Waals surface area contributed by atoms with Gasteiger partial charge in [0.1, 0.15) is 11.6 Å². The van der Waals surface area contributed by atoms with Crippen LogP contribution < -0.4 is 5.32 Å². The summed E-state index contributed by atoms with van der Waals surface area (Å²) >= 11 is 1.54. The topological polar surface area (TPSA) is 84.0 Å². The van der Waals surface area contributed by atoms with Crippen molar-refractivity contribution in [2.75, 3.05) is 46.6 Å². The van der Waals surface area contributed by atoms with Crippen molar-refractivity contribution >= 4 is 23.3 Å². The number of methoxy groups -OCH3 is 1. The Morgan fingerprint density at radius 3 is 2.74 bits per heavy atom. The minimum Gasteiger partial charge on any atom is -0.381 e. The predicted molar refractivity (Wildman–Crippen MR) is 102 cm³/mol. The second-order valence-corrected chi connectivity index (χ2v) is 8.04. The molecule has 1 aromatic rings. The van der Waals surface area contributed by atoms with Crippen molar-refractivity contribution in [1.29, 1.82) is 0 Å². The first kappa shape index (κ1) is 20.0. The first-order valence-electron chi connectivity index (χ1n) is 9.35. The SMILES string of the molecule is COCC(=O)N1CCN(C(=O)NCc2nc(C)cs2)CCC12CCOCC2. The number of carbonyl (C=O) groups is 2. The van der Waals surface area contributed by atoms with Gasteiger partial charge in [-0.05, 0) is 26.2 Å². The number of aromatic nitrogens is 1. The zero-order chi connectivity index (χ0) is 19.3. The third-order valence-corrected chi connectivity index (χ3v) is 6.32. The van der Waals surface area contributed by atoms with Crippen LogP contribution in [0, 0.1) is 6.92 Å². The Balaban J connectivity index is 1.64. The van der Waals surface area contributed by atoms with Crippen molar-refractivity contribution in [1.82, 2.24) is 20.1 Å². The van der Waals surface area contributed by atoms with Crippen LogP contribution in [0.15, 0.2) is 5.38 Å². The molecule has 3 rings (SSSR count). The molecule has 150 valence electrons. The summed E-state index contributed by atoms with van der Waals surface area (Å²) in [6, 6.07) is -0.105. The number of carbonyl (C=O) groups excluding carboxylic acids is 2. The average molecular weight is 397 g/mol. The molecule has 1 aromatic heterocycles. The zero-order valence-corrected chi connectivity index (χ0v) is 16.8. The lowest BCUT2D eigenvalue weighted by Crippen LogP contribution is -2.55. The Morgan fingerprint density at radius 1 is 1.30 bits per heavy atom. The van der Waals surface area contributed by atoms with Crippen molar-refractivity contribution in [3.63, 3.8) is 0 Å². The Bertz CT molecular complexity index is 660. The Labute approximate surface area is 163 Å². The largest absolute Gasteiger partial charge is 0.381 e. The molecule has 0 saturated carbocycles. The summed E-state index contributed by atoms with van der Waals surface area (Å²) in [6.45, 7) is 5.39. The molecule has 0 unspecified atom stereocenters. The van der Waals surface area contributed by atoms with E-state index in [1.807, 2.05) is 17.2 Å². The van der Waals surface area contributed by atoms with Gasteiger partial charge in [-0.25, -0.2) is 9.78 Å². The van der Waals surface area contributed by atoms with Crippen LogP contribution in [-0.2, 0) is 20.8 Å². The molecule has 0 bridgehead atoms. The van der Waals surface area contributed by atoms with Gasteiger partial charge in [-0.3, -0.25) is 4.79 Å². The average Bonchev–Trinajstić information content (AvgIpc) is 2.99. The second kappa shape index (κ2) is 8.99. The maximum atomic E-state index is 12.6. The van der Waals surface area contributed by atoms with E-state index in [0.717, 1.165) is 30.0 Å². The molecule has 3 heterocycles. The molecule has 8 nitrogen and oxygen atoms in total. The molecule has 2 fully saturated rings. The number of amides is 3. The van der Waals surface area contributed by atoms with Crippen molar-refractivity contribution in [2.24, 2.45) is 0 Å². The number of hydrogen-bond acceptors (Lipinski definition) is 6. The van der Waals surface area contributed by atoms with Gasteiger partial charge in [0, 0.05) is 56.6 Å². The van der Waals surface area contributed by atoms with Crippen molar-refractivity contribution in [3.05, 3.63) is 16.1 Å². The molecule has 0 radical (unpaired) electrons. The number of rotatable bonds is 4. The van der Waals surface area contributed by atoms with Gasteiger partial charge in [-0.15, -0.1) is 11.3 Å². The lowest BCUT2D eigenvalue weighted by Gasteiger charge is -2.45. The number of urea groups is 1. The molecule has 2 aliphatic rings. The highest BCUT2D eigenvalue weighted by molar-refractivity contribution is 7.09. The van der Waals surface area contributed by atoms with Gasteiger partial charge in [0.15, 0.2) is 0 Å². The van der Waals surface area contributed by atoms with E-state index in [2.05, 4.69) is 10.3 Å². The zero-order valence-electron chi connectivity index (χ0n) is 16.0. The Morgan fingerprint density at radius 2 is 2.07 bits per heavy atom. The highest BCUT2D eigenvalue weighted by Crippen LogP contribution is 2.33. The van der Waals surface area contributed by atoms with Crippen LogP contribution in [0.2, 0.25) is 0 Å². The van der Waals surface area contributed by atoms with E-state index >= 15 is 0 Å². The van der Waals surface area contributed by atoms with Crippen LogP contribution in [0.4, 0.5) is 4.79 Å². The highest BCUT2D eigenvalue weighted by atomic mass is 32.1. The minimum atomic E-state index is -0.241. The lowest BCUT2D eigenvalue weighted by molar-refractivity contribution is -0.145. The van der Waals surface area contributed by atoms with E-state index in [-0.39, 0.29) is 24.1 Å². The van der Waals surface area contributed by atoms with Crippen LogP contribution in [0.3, 0.4) is 0 Å². The summed E-state index contributed by atoms with van der Waals surface area (Å²) in [6.07, 6.45) is 2.36. The number of nitrogens with zero attached hydrogens (tertiary/aromatic N) is 3. The minimum absolute atomic E-state index is 0.0140. The summed E-state index contributed by atoms with van der Waals surface area (Å²) in [5, 5.41) is 5.82. The van der Waals surface area contributed by atoms with Crippen molar-refractivity contribution < 1.29 is 19.1 Å². The van der Waals surface area contributed by atoms with Gasteiger partial charge in [0.25, 0.3) is 0 Å². The fourth-order valence-corrected chi connectivity index (χ4v) is 4.57. The molecule has 2 saturated heterocycles. The first-order chi connectivity index (χ1) is 13.0. The molecule has 27 heavy (non-hydrogen) atoms. The summed E-state index contributed by atoms with van der Waals surface area (Å²) < 4.78 is 10.6. The molecular formula is C18H28N4O4S. The summed E-state index contributed by atoms with van der Waals surface area (Å²) in [5.74, 6) is -0.0140. The Hall–Kier alpha value is -1.71. The smallest absolute Gasteiger partial charge is 0.317 e. The van der Waals surface area contributed by atoms with Crippen LogP contribution in [0.5, 0.6) is 0 Å². The Kier molecular flexibility index (Phi) is 6.67. The number of ether oxygens (including phenoxy) is 2. The van der Waals surface area contributed by atoms with Crippen molar-refractivity contribution in [2.45, 2.75) is 38.3 Å². The number of thiazole rings is 1. The highest BCUT2D eigenvalue weighted by Gasteiger charge is 2.43. The maximum Gasteiger partial charge on any atom is 0.317 e. The van der Waals surface area contributed by atoms with E-state index in [9.17, 15) is 9.59 Å². The van der Waals surface area contributed by atoms with E-state index in [4.69, 9.17) is 9.47 Å². The summed E-state index contributed by atoms with van der Waals surface area (Å²) in [5.41, 5.74) is 0.725. The van der Waals surface area contributed by atoms with Gasteiger partial charge in [-0.1, -0.05) is 0 Å². The van der Waals surface area contributed by atoms with Crippen LogP contribution in [0.25, 0.3) is 0 Å². The standard InChI is InChI=1S/C18H28N4O4S/c1-14-13-27-15(20-14)11-19-17(24)21-6-3-18(4-9-26-10-5-18)22(8-7-21)16(23)12-25-2/h13H,3-12H2,1-2H3,(H,19,24). The normalized spacial score (nSPS) is 19.8. The molecule has 0 aromatic carbocycles. The second-order valence-electron chi connectivity index (χ2n) is 7.09. The van der Waals surface area contributed by atoms with Crippen LogP contribution in [0.1, 0.15) is 30.0 Å². The number of nitrogens with one attached hydrogen (secondary N) is 1. The molecule has 1 N–H and O–H groups in total. The van der Waals surface area contributed by atoms with Crippen molar-refractivity contribution in [3.8, 4) is 0 Å². The summed E-state index contributed by atoms with van der Waals surface area (Å²) in [4.78, 5) is 33.4. The van der Waals surface area contributed by atoms with Crippen LogP contribution >= 0.6 is 11.3 Å². The maximum absolute atomic E-state index is 12.6. The molecule has 0 atom stereocenters. The molecule has 2 aliphatic heterocycles. The molecule has 0 aliphatic carbocycles. The van der Waals surface area contributed by atoms with E-state index in [1.54, 1.807) is 16.2 Å². The summed E-state index contributed by atoms with van der Waals surface area (Å²) in [7, 11) is 1.53. The lowest BCUT2D eigenvalue weighted by atomic mass is 9.84. The monoisotopic (exact) mass is 396 g/mol. The van der Waals surface area contributed by atoms with Gasteiger partial charge >= 0.3 is 6.03 Å². The third kappa shape index (κ3) is 4.77. The quantitative estimate of drug-likeness (QED) is 0.832. The molecule has 1 spiro atoms. The van der Waals surface area contributed by atoms with E-state index in [1.165, 1.54) is 7.11 Å². The van der Waals surface area contributed by atoms with Gasteiger partial charge < -0.3 is 24.6 Å². The predicted octanol–water partition coefficient (Wildman–Crippen LogP) is 1.39. The third-order valence-electron chi connectivity index (χ3n) is 5.35. The van der Waals surface area contributed by atoms with E-state index in [0.29, 0.717) is 39.4 Å². The fraction of sp³-hybridized carbons (Fsp3) is 0.722. The number of hydrogen-bond donors (Lipinski definition) is 1. The number of aryl methyl sites for hydroxylation is 1. The van der Waals surface area contributed by atoms with Gasteiger partial charge in [0.05, 0.1) is 6.54 Å². The molecular weight excluding hydrogens is 368 g/mol. The van der Waals surface area contributed by atoms with Gasteiger partial charge in [0.2, 0.25) is 5.91 Å².